The molecular formula is C31H25N7O4S. The van der Waals surface area contributed by atoms with Gasteiger partial charge in [-0.05, 0) is 58.7 Å². The van der Waals surface area contributed by atoms with E-state index in [0.717, 1.165) is 22.3 Å². The number of hydrogen-bond donors (Lipinski definition) is 4. The number of hydrogen-bond acceptors (Lipinski definition) is 8. The lowest BCUT2D eigenvalue weighted by atomic mass is 10.1. The van der Waals surface area contributed by atoms with Gasteiger partial charge in [-0.2, -0.15) is 4.99 Å². The molecule has 8 rings (SSSR count). The molecule has 2 aromatic carbocycles. The minimum atomic E-state index is -0.495. The first kappa shape index (κ1) is 28.9. The van der Waals surface area contributed by atoms with Gasteiger partial charge in [0.15, 0.2) is 0 Å². The van der Waals surface area contributed by atoms with Crippen LogP contribution in [0.15, 0.2) is 83.9 Å². The Labute approximate surface area is 251 Å². The Hall–Kier alpha value is -5.58. The molecule has 2 aromatic heterocycles. The van der Waals surface area contributed by atoms with Gasteiger partial charge in [0.25, 0.3) is 23.6 Å². The highest BCUT2D eigenvalue weighted by atomic mass is 32.1. The minimum Gasteiger partial charge on any atom is -0.347 e. The lowest BCUT2D eigenvalue weighted by Gasteiger charge is -2.11. The van der Waals surface area contributed by atoms with Gasteiger partial charge < -0.3 is 21.3 Å². The van der Waals surface area contributed by atoms with Crippen LogP contribution in [0, 0.1) is 0 Å². The van der Waals surface area contributed by atoms with Crippen LogP contribution in [0.1, 0.15) is 64.2 Å². The van der Waals surface area contributed by atoms with Crippen LogP contribution in [-0.4, -0.2) is 38.8 Å². The molecule has 4 aromatic rings. The second-order valence-electron chi connectivity index (χ2n) is 9.57. The SMILES string of the molecule is O=C1NCc2ccc(cc2)CNC(=O)c2cc(N=C=S)cc(n2)C(=O)NCc2ccc(cc2)CNC(=O)c2cccc1n2. The van der Waals surface area contributed by atoms with Crippen LogP contribution in [0.4, 0.5) is 5.69 Å². The first-order valence-electron chi connectivity index (χ1n) is 13.2. The van der Waals surface area contributed by atoms with Gasteiger partial charge >= 0.3 is 0 Å². The molecule has 0 fully saturated rings. The molecule has 0 radical (unpaired) electrons. The Morgan fingerprint density at radius 3 is 1.21 bits per heavy atom. The van der Waals surface area contributed by atoms with E-state index in [2.05, 4.69) is 41.4 Å². The van der Waals surface area contributed by atoms with Crippen LogP contribution in [0.5, 0.6) is 0 Å². The monoisotopic (exact) mass is 591 g/mol. The van der Waals surface area contributed by atoms with E-state index in [1.807, 2.05) is 48.5 Å². The summed E-state index contributed by atoms with van der Waals surface area (Å²) in [5.74, 6) is -1.82. The summed E-state index contributed by atoms with van der Waals surface area (Å²) in [7, 11) is 0. The number of thiocarbonyl (C=S) groups is 1. The van der Waals surface area contributed by atoms with Crippen LogP contribution in [0.25, 0.3) is 0 Å². The molecule has 4 N–H and O–H groups in total. The van der Waals surface area contributed by atoms with E-state index in [1.165, 1.54) is 12.1 Å². The number of amides is 4. The van der Waals surface area contributed by atoms with Crippen molar-refractivity contribution < 1.29 is 19.2 Å². The number of isothiocyanates is 1. The van der Waals surface area contributed by atoms with Crippen molar-refractivity contribution in [3.63, 3.8) is 0 Å². The predicted octanol–water partition coefficient (Wildman–Crippen LogP) is 3.24. The third kappa shape index (κ3) is 7.59. The molecule has 0 atom stereocenters. The minimum absolute atomic E-state index is 0.00139. The van der Waals surface area contributed by atoms with Gasteiger partial charge in [-0.3, -0.25) is 19.2 Å². The Morgan fingerprint density at radius 1 is 0.535 bits per heavy atom. The molecule has 11 nitrogen and oxygen atoms in total. The fourth-order valence-electron chi connectivity index (χ4n) is 4.20. The van der Waals surface area contributed by atoms with Crippen LogP contribution in [-0.2, 0) is 26.2 Å². The van der Waals surface area contributed by atoms with Gasteiger partial charge in [0.2, 0.25) is 0 Å². The van der Waals surface area contributed by atoms with E-state index < -0.39 is 23.6 Å². The highest BCUT2D eigenvalue weighted by Gasteiger charge is 2.16. The summed E-state index contributed by atoms with van der Waals surface area (Å²) in [6, 6.07) is 22.1. The van der Waals surface area contributed by atoms with E-state index in [0.29, 0.717) is 0 Å². The maximum atomic E-state index is 12.9. The summed E-state index contributed by atoms with van der Waals surface area (Å²) >= 11 is 4.70. The third-order valence-electron chi connectivity index (χ3n) is 6.52. The van der Waals surface area contributed by atoms with E-state index in [1.54, 1.807) is 18.2 Å². The molecule has 0 spiro atoms. The van der Waals surface area contributed by atoms with Gasteiger partial charge in [0.1, 0.15) is 22.8 Å². The first-order valence-corrected chi connectivity index (χ1v) is 13.6. The van der Waals surface area contributed by atoms with Gasteiger partial charge in [0.05, 0.1) is 10.8 Å². The van der Waals surface area contributed by atoms with Gasteiger partial charge in [0, 0.05) is 26.2 Å². The molecule has 0 saturated carbocycles. The summed E-state index contributed by atoms with van der Waals surface area (Å²) in [4.78, 5) is 63.7. The van der Waals surface area contributed by atoms with Crippen LogP contribution in [0.2, 0.25) is 0 Å². The van der Waals surface area contributed by atoms with Crippen molar-refractivity contribution in [1.82, 2.24) is 31.2 Å². The molecule has 0 unspecified atom stereocenters. The number of aromatic nitrogens is 2. The van der Waals surface area contributed by atoms with Crippen molar-refractivity contribution in [2.45, 2.75) is 26.2 Å². The number of carbonyl (C=O) groups excluding carboxylic acids is 4. The van der Waals surface area contributed by atoms with Gasteiger partial charge in [-0.15, -0.1) is 0 Å². The highest BCUT2D eigenvalue weighted by Crippen LogP contribution is 2.16. The Morgan fingerprint density at radius 2 is 0.860 bits per heavy atom. The number of nitrogens with zero attached hydrogens (tertiary/aromatic N) is 3. The number of carbonyl (C=O) groups is 4. The lowest BCUT2D eigenvalue weighted by molar-refractivity contribution is 0.0925. The predicted molar refractivity (Wildman–Crippen MR) is 161 cm³/mol. The van der Waals surface area contributed by atoms with E-state index in [-0.39, 0.29) is 54.6 Å². The largest absolute Gasteiger partial charge is 0.347 e. The molecule has 0 aliphatic carbocycles. The molecule has 4 aliphatic heterocycles. The molecular weight excluding hydrogens is 566 g/mol. The second kappa shape index (κ2) is 13.4. The molecule has 12 heteroatoms. The van der Waals surface area contributed by atoms with Crippen molar-refractivity contribution in [2.75, 3.05) is 0 Å². The maximum absolute atomic E-state index is 12.9. The summed E-state index contributed by atoms with van der Waals surface area (Å²) in [5.41, 5.74) is 3.79. The van der Waals surface area contributed by atoms with Crippen molar-refractivity contribution in [3.8, 4) is 0 Å². The number of benzene rings is 2. The zero-order chi connectivity index (χ0) is 30.2. The Kier molecular flexibility index (Phi) is 9.01. The van der Waals surface area contributed by atoms with Crippen molar-refractivity contribution in [3.05, 3.63) is 124 Å². The molecule has 4 aliphatic rings. The molecule has 0 saturated heterocycles. The van der Waals surface area contributed by atoms with E-state index in [4.69, 9.17) is 12.2 Å². The Balaban J connectivity index is 1.40. The van der Waals surface area contributed by atoms with Crippen LogP contribution < -0.4 is 21.3 Å². The summed E-state index contributed by atoms with van der Waals surface area (Å²) in [6.45, 7) is 0.872. The van der Waals surface area contributed by atoms with E-state index >= 15 is 0 Å². The van der Waals surface area contributed by atoms with Crippen LogP contribution in [0.3, 0.4) is 0 Å². The average molecular weight is 592 g/mol. The quantitative estimate of drug-likeness (QED) is 0.196. The van der Waals surface area contributed by atoms with Gasteiger partial charge in [-0.1, -0.05) is 54.6 Å². The fourth-order valence-corrected chi connectivity index (χ4v) is 4.30. The third-order valence-corrected chi connectivity index (χ3v) is 6.61. The topological polar surface area (TPSA) is 155 Å². The number of aliphatic imine (C=N–C) groups is 1. The zero-order valence-corrected chi connectivity index (χ0v) is 23.5. The highest BCUT2D eigenvalue weighted by molar-refractivity contribution is 7.78. The zero-order valence-electron chi connectivity index (χ0n) is 22.7. The van der Waals surface area contributed by atoms with Crippen molar-refractivity contribution in [1.29, 1.82) is 0 Å². The fraction of sp³-hybridized carbons (Fsp3) is 0.129. The lowest BCUT2D eigenvalue weighted by Crippen LogP contribution is -2.28. The summed E-state index contributed by atoms with van der Waals surface area (Å²) in [6.07, 6.45) is 0. The smallest absolute Gasteiger partial charge is 0.270 e. The molecule has 6 heterocycles. The Bertz CT molecular complexity index is 1640. The number of nitrogens with one attached hydrogen (secondary N) is 4. The maximum Gasteiger partial charge on any atom is 0.270 e. The molecule has 4 amide bonds. The first-order chi connectivity index (χ1) is 20.9. The second-order valence-corrected chi connectivity index (χ2v) is 9.75. The standard InChI is InChI=1S/C31H25N7O4S/c39-28-24-2-1-3-25(37-24)29(40)33-15-20-6-10-22(11-7-20)17-35-31(42)27-13-23(36-18-43)12-26(38-27)30(41)34-16-21-8-4-19(5-9-21)14-32-28/h1-13H,14-17H2,(H,32,39)(H,33,40)(H,34,41)(H,35,42). The van der Waals surface area contributed by atoms with Crippen LogP contribution >= 0.6 is 12.2 Å². The summed E-state index contributed by atoms with van der Waals surface area (Å²) < 4.78 is 0. The normalized spacial score (nSPS) is 14.1. The number of pyridine rings is 2. The van der Waals surface area contributed by atoms with E-state index in [9.17, 15) is 19.2 Å². The van der Waals surface area contributed by atoms with Crippen molar-refractivity contribution >= 4 is 46.7 Å². The number of rotatable bonds is 1. The average Bonchev–Trinajstić information content (AvgIpc) is 3.04. The summed E-state index contributed by atoms with van der Waals surface area (Å²) in [5, 5.41) is 13.4. The van der Waals surface area contributed by atoms with Crippen molar-refractivity contribution in [2.24, 2.45) is 4.99 Å². The van der Waals surface area contributed by atoms with Gasteiger partial charge in [-0.25, -0.2) is 9.97 Å². The molecule has 214 valence electrons. The molecule has 43 heavy (non-hydrogen) atoms. The molecule has 8 bridgehead atoms.